The number of aliphatic hydroxyl groups excluding tert-OH is 12. The third-order valence-electron chi connectivity index (χ3n) is 18.8. The average Bonchev–Trinajstić information content (AvgIpc) is 3.53. The van der Waals surface area contributed by atoms with E-state index in [1.165, 1.54) is 12.5 Å². The molecule has 3 saturated heterocycles. The zero-order valence-corrected chi connectivity index (χ0v) is 40.2. The number of fused-ring (bicyclic) bond motifs is 5. The van der Waals surface area contributed by atoms with Crippen molar-refractivity contribution in [2.75, 3.05) is 13.2 Å². The normalized spacial score (nSPS) is 51.6. The van der Waals surface area contributed by atoms with Gasteiger partial charge in [0, 0.05) is 10.8 Å². The quantitative estimate of drug-likeness (QED) is 0.108. The molecule has 18 heteroatoms. The summed E-state index contributed by atoms with van der Waals surface area (Å²) in [5, 5.41) is 129. The first-order valence-electron chi connectivity index (χ1n) is 24.4. The maximum Gasteiger partial charge on any atom is 0.187 e. The van der Waals surface area contributed by atoms with E-state index in [9.17, 15) is 61.3 Å². The molecular formula is C48H82O18. The van der Waals surface area contributed by atoms with Crippen LogP contribution in [0.15, 0.2) is 11.6 Å². The summed E-state index contributed by atoms with van der Waals surface area (Å²) in [6.45, 7) is 17.0. The van der Waals surface area contributed by atoms with Crippen LogP contribution < -0.4 is 0 Å². The van der Waals surface area contributed by atoms with Gasteiger partial charge in [0.2, 0.25) is 0 Å². The molecule has 25 atom stereocenters. The minimum absolute atomic E-state index is 0.0737. The number of allylic oxidation sites excluding steroid dienone is 1. The molecule has 18 nitrogen and oxygen atoms in total. The second kappa shape index (κ2) is 19.2. The van der Waals surface area contributed by atoms with Crippen LogP contribution in [-0.4, -0.2) is 191 Å². The SMILES string of the molecule is C[C@H](CC[C@@H](O)C(C)(C)O[C@@H]1O[C@H](CO)[C@@H](O)[C@H](O)[C@H]1O[C@@H]1O[C@@H](C)[C@@H](O)[C@@H](O)[C@H]1O)[C@H]1CC[C@@]2(C)[C@@H]3CC=C4[C@@H](CCC(O[C@@H]5O[C@H](CO)[C@@H](O)[C@H](O)[C@H]5O)C4(C)C)[C@]3(C)[C@H](O)C[C@]12C. The first-order valence-corrected chi connectivity index (χ1v) is 24.4. The summed E-state index contributed by atoms with van der Waals surface area (Å²) in [4.78, 5) is 0. The Balaban J connectivity index is 1.02. The van der Waals surface area contributed by atoms with Crippen LogP contribution in [0.1, 0.15) is 114 Å². The standard InChI is InChI=1S/C48H82O18/c1-21(10-14-29(51)45(5,6)66-43-40(37(58)34(55)27(20-50)63-43)65-41-38(59)35(56)32(53)22(2)61-41)23-16-17-46(7)28-13-11-24-25(48(28,9)30(52)18-47(23,46)8)12-15-31(44(24,3)4)64-42-39(60)36(57)33(54)26(19-49)62-42/h11,21-23,25-43,49-60H,10,12-20H2,1-9H3/t21-,22+,23-,25-,26-,27-,28+,29-,30-,31?,32-,33-,34-,35-,36+,37+,38-,39-,40-,41+,42+,43+,46+,47-,48+/m1/s1. The molecule has 0 radical (unpaired) electrons. The molecule has 3 saturated carbocycles. The van der Waals surface area contributed by atoms with E-state index in [0.29, 0.717) is 25.7 Å². The van der Waals surface area contributed by atoms with Crippen molar-refractivity contribution < 1.29 is 89.7 Å². The summed E-state index contributed by atoms with van der Waals surface area (Å²) in [6.07, 6.45) is -15.6. The number of hydrogen-bond donors (Lipinski definition) is 12. The number of ether oxygens (including phenoxy) is 6. The summed E-state index contributed by atoms with van der Waals surface area (Å²) in [5.41, 5.74) is -1.39. The van der Waals surface area contributed by atoms with Gasteiger partial charge < -0.3 is 89.7 Å². The molecule has 1 unspecified atom stereocenters. The Hall–Kier alpha value is -0.980. The van der Waals surface area contributed by atoms with Crippen LogP contribution in [0.4, 0.5) is 0 Å². The third-order valence-corrected chi connectivity index (χ3v) is 18.8. The van der Waals surface area contributed by atoms with Gasteiger partial charge in [0.15, 0.2) is 18.9 Å². The molecular weight excluding hydrogens is 865 g/mol. The van der Waals surface area contributed by atoms with Crippen molar-refractivity contribution in [3.05, 3.63) is 11.6 Å². The van der Waals surface area contributed by atoms with Gasteiger partial charge in [0.1, 0.15) is 67.1 Å². The predicted octanol–water partition coefficient (Wildman–Crippen LogP) is -0.0284. The fourth-order valence-electron chi connectivity index (χ4n) is 14.2. The fourth-order valence-corrected chi connectivity index (χ4v) is 14.2. The van der Waals surface area contributed by atoms with Gasteiger partial charge in [-0.2, -0.15) is 0 Å². The Kier molecular flexibility index (Phi) is 15.4. The van der Waals surface area contributed by atoms with Gasteiger partial charge in [-0.1, -0.05) is 53.2 Å². The highest BCUT2D eigenvalue weighted by Gasteiger charge is 2.70. The second-order valence-corrected chi connectivity index (χ2v) is 23.0. The van der Waals surface area contributed by atoms with Gasteiger partial charge in [-0.3, -0.25) is 0 Å². The maximum absolute atomic E-state index is 12.5. The first-order chi connectivity index (χ1) is 30.7. The molecule has 4 aliphatic carbocycles. The minimum atomic E-state index is -1.72. The number of rotatable bonds is 13. The summed E-state index contributed by atoms with van der Waals surface area (Å²) in [5.74, 6) is 0.640. The van der Waals surface area contributed by atoms with Gasteiger partial charge >= 0.3 is 0 Å². The van der Waals surface area contributed by atoms with Crippen LogP contribution in [0.5, 0.6) is 0 Å². The van der Waals surface area contributed by atoms with Crippen molar-refractivity contribution >= 4 is 0 Å². The van der Waals surface area contributed by atoms with E-state index in [1.54, 1.807) is 13.8 Å². The molecule has 0 amide bonds. The Bertz CT molecular complexity index is 1700. The van der Waals surface area contributed by atoms with Gasteiger partial charge in [0.05, 0.1) is 43.2 Å². The van der Waals surface area contributed by atoms with Crippen LogP contribution in [0.25, 0.3) is 0 Å². The van der Waals surface area contributed by atoms with E-state index in [4.69, 9.17) is 28.4 Å². The van der Waals surface area contributed by atoms with E-state index in [2.05, 4.69) is 47.6 Å². The molecule has 0 aromatic rings. The van der Waals surface area contributed by atoms with Crippen LogP contribution in [0.3, 0.4) is 0 Å². The van der Waals surface area contributed by atoms with Crippen LogP contribution in [-0.2, 0) is 28.4 Å². The molecule has 12 N–H and O–H groups in total. The average molecular weight is 947 g/mol. The molecule has 6 fully saturated rings. The Labute approximate surface area is 388 Å². The molecule has 7 aliphatic rings. The van der Waals surface area contributed by atoms with E-state index in [-0.39, 0.29) is 34.5 Å². The molecule has 0 aromatic heterocycles. The smallest absolute Gasteiger partial charge is 0.187 e. The molecule has 7 rings (SSSR count). The summed E-state index contributed by atoms with van der Waals surface area (Å²) < 4.78 is 35.8. The van der Waals surface area contributed by atoms with Crippen molar-refractivity contribution in [1.82, 2.24) is 0 Å². The summed E-state index contributed by atoms with van der Waals surface area (Å²) >= 11 is 0. The van der Waals surface area contributed by atoms with E-state index in [0.717, 1.165) is 25.7 Å². The zero-order chi connectivity index (χ0) is 48.8. The molecule has 382 valence electrons. The van der Waals surface area contributed by atoms with E-state index in [1.807, 2.05) is 0 Å². The molecule has 3 heterocycles. The van der Waals surface area contributed by atoms with Crippen molar-refractivity contribution in [2.24, 2.45) is 45.3 Å². The van der Waals surface area contributed by atoms with Crippen LogP contribution >= 0.6 is 0 Å². The van der Waals surface area contributed by atoms with Gasteiger partial charge in [0.25, 0.3) is 0 Å². The first kappa shape index (κ1) is 52.8. The van der Waals surface area contributed by atoms with Crippen molar-refractivity contribution in [1.29, 1.82) is 0 Å². The molecule has 66 heavy (non-hydrogen) atoms. The van der Waals surface area contributed by atoms with E-state index >= 15 is 0 Å². The van der Waals surface area contributed by atoms with Gasteiger partial charge in [-0.15, -0.1) is 0 Å². The van der Waals surface area contributed by atoms with Crippen LogP contribution in [0, 0.1) is 45.3 Å². The monoisotopic (exact) mass is 947 g/mol. The lowest BCUT2D eigenvalue weighted by Crippen LogP contribution is -2.65. The summed E-state index contributed by atoms with van der Waals surface area (Å²) in [7, 11) is 0. The Morgan fingerprint density at radius 1 is 0.697 bits per heavy atom. The topological polar surface area (TPSA) is 298 Å². The molecule has 0 spiro atoms. The molecule has 3 aliphatic heterocycles. The molecule has 0 aromatic carbocycles. The highest BCUT2D eigenvalue weighted by Crippen LogP contribution is 2.75. The Morgan fingerprint density at radius 3 is 1.89 bits per heavy atom. The lowest BCUT2D eigenvalue weighted by Gasteiger charge is -2.67. The van der Waals surface area contributed by atoms with Crippen LogP contribution in [0.2, 0.25) is 0 Å². The number of hydrogen-bond acceptors (Lipinski definition) is 18. The van der Waals surface area contributed by atoms with Gasteiger partial charge in [-0.25, -0.2) is 0 Å². The zero-order valence-electron chi connectivity index (χ0n) is 40.2. The highest BCUT2D eigenvalue weighted by molar-refractivity contribution is 5.32. The predicted molar refractivity (Wildman–Crippen MR) is 234 cm³/mol. The maximum atomic E-state index is 12.5. The largest absolute Gasteiger partial charge is 0.394 e. The Morgan fingerprint density at radius 2 is 1.27 bits per heavy atom. The van der Waals surface area contributed by atoms with Crippen molar-refractivity contribution in [2.45, 2.75) is 230 Å². The lowest BCUT2D eigenvalue weighted by atomic mass is 9.38. The summed E-state index contributed by atoms with van der Waals surface area (Å²) in [6, 6.07) is 0. The highest BCUT2D eigenvalue weighted by atomic mass is 16.8. The second-order valence-electron chi connectivity index (χ2n) is 23.0. The third kappa shape index (κ3) is 8.69. The van der Waals surface area contributed by atoms with E-state index < -0.39 is 140 Å². The number of aliphatic hydroxyl groups is 12. The molecule has 0 bridgehead atoms. The fraction of sp³-hybridized carbons (Fsp3) is 0.958. The lowest BCUT2D eigenvalue weighted by molar-refractivity contribution is -0.378. The minimum Gasteiger partial charge on any atom is -0.394 e. The van der Waals surface area contributed by atoms with Crippen molar-refractivity contribution in [3.63, 3.8) is 0 Å². The van der Waals surface area contributed by atoms with Crippen molar-refractivity contribution in [3.8, 4) is 0 Å². The van der Waals surface area contributed by atoms with Gasteiger partial charge in [-0.05, 0) is 107 Å².